The number of aromatic nitrogens is 2. The van der Waals surface area contributed by atoms with Gasteiger partial charge in [-0.1, -0.05) is 82.8 Å². The van der Waals surface area contributed by atoms with Crippen molar-refractivity contribution in [2.45, 2.75) is 43.5 Å². The molecule has 1 N–H and O–H groups in total. The summed E-state index contributed by atoms with van der Waals surface area (Å²) < 4.78 is 12.5. The van der Waals surface area contributed by atoms with Crippen LogP contribution < -0.4 is 9.64 Å². The maximum Gasteiger partial charge on any atom is 0.302 e. The Morgan fingerprint density at radius 2 is 1.70 bits per heavy atom. The normalized spacial score (nSPS) is 16.1. The number of Topliss-reactive ketones (excluding diaryl/α,β-unsaturated/α-hetero) is 1. The number of aliphatic hydroxyl groups is 1. The molecule has 0 saturated carbocycles. The number of ketones is 1. The molecule has 222 valence electrons. The van der Waals surface area contributed by atoms with Gasteiger partial charge in [-0.05, 0) is 68.3 Å². The van der Waals surface area contributed by atoms with Gasteiger partial charge in [0.25, 0.3) is 5.78 Å². The molecule has 6 rings (SSSR count). The van der Waals surface area contributed by atoms with Crippen LogP contribution in [0.3, 0.4) is 0 Å². The Kier molecular flexibility index (Phi) is 8.36. The van der Waals surface area contributed by atoms with Crippen molar-refractivity contribution in [1.29, 1.82) is 0 Å². The Balaban J connectivity index is 1.27. The molecular formula is C34H29N3O5S2. The van der Waals surface area contributed by atoms with Crippen molar-refractivity contribution in [2.75, 3.05) is 4.90 Å². The molecule has 1 fully saturated rings. The molecule has 0 spiro atoms. The number of carbonyl (C=O) groups excluding carboxylic acids is 2. The summed E-state index contributed by atoms with van der Waals surface area (Å²) in [6.07, 6.45) is 0. The number of aryl methyl sites for hydroxylation is 3. The van der Waals surface area contributed by atoms with Gasteiger partial charge >= 0.3 is 5.91 Å². The number of benzene rings is 3. The third-order valence-corrected chi connectivity index (χ3v) is 9.30. The number of carbonyl (C=O) groups is 2. The summed E-state index contributed by atoms with van der Waals surface area (Å²) in [5.41, 5.74) is 4.79. The molecule has 2 aromatic heterocycles. The van der Waals surface area contributed by atoms with E-state index in [1.54, 1.807) is 43.3 Å². The highest BCUT2D eigenvalue weighted by Crippen LogP contribution is 2.44. The highest BCUT2D eigenvalue weighted by molar-refractivity contribution is 8.00. The van der Waals surface area contributed by atoms with Crippen LogP contribution in [0.1, 0.15) is 45.4 Å². The van der Waals surface area contributed by atoms with E-state index in [4.69, 9.17) is 9.15 Å². The van der Waals surface area contributed by atoms with Crippen molar-refractivity contribution in [2.24, 2.45) is 0 Å². The molecular weight excluding hydrogens is 595 g/mol. The molecule has 8 nitrogen and oxygen atoms in total. The zero-order valence-electron chi connectivity index (χ0n) is 24.3. The van der Waals surface area contributed by atoms with Gasteiger partial charge in [0.05, 0.1) is 5.57 Å². The van der Waals surface area contributed by atoms with E-state index in [1.807, 2.05) is 32.0 Å². The summed E-state index contributed by atoms with van der Waals surface area (Å²) in [5.74, 6) is 0.275. The number of amides is 1. The van der Waals surface area contributed by atoms with E-state index in [1.165, 1.54) is 33.6 Å². The van der Waals surface area contributed by atoms with Crippen LogP contribution in [0.25, 0.3) is 5.76 Å². The van der Waals surface area contributed by atoms with Crippen molar-refractivity contribution in [3.05, 3.63) is 130 Å². The van der Waals surface area contributed by atoms with E-state index in [0.717, 1.165) is 16.7 Å². The van der Waals surface area contributed by atoms with Gasteiger partial charge < -0.3 is 14.3 Å². The summed E-state index contributed by atoms with van der Waals surface area (Å²) >= 11 is 2.71. The van der Waals surface area contributed by atoms with Crippen LogP contribution in [0.2, 0.25) is 0 Å². The van der Waals surface area contributed by atoms with Crippen LogP contribution in [0.15, 0.2) is 99.3 Å². The Bertz CT molecular complexity index is 1860. The summed E-state index contributed by atoms with van der Waals surface area (Å²) in [5, 5.41) is 20.2. The summed E-state index contributed by atoms with van der Waals surface area (Å²) in [4.78, 5) is 28.2. The predicted octanol–water partition coefficient (Wildman–Crippen LogP) is 7.55. The zero-order chi connectivity index (χ0) is 30.8. The number of hydrogen-bond donors (Lipinski definition) is 1. The second-order valence-electron chi connectivity index (χ2n) is 10.5. The maximum absolute atomic E-state index is 13.5. The summed E-state index contributed by atoms with van der Waals surface area (Å²) in [6.45, 7) is 6.23. The third kappa shape index (κ3) is 6.17. The van der Waals surface area contributed by atoms with E-state index in [9.17, 15) is 14.7 Å². The maximum atomic E-state index is 13.5. The minimum absolute atomic E-state index is 0.0816. The number of nitrogens with zero attached hydrogens (tertiary/aromatic N) is 3. The minimum Gasteiger partial charge on any atom is -0.507 e. The number of thioether (sulfide) groups is 1. The summed E-state index contributed by atoms with van der Waals surface area (Å²) in [6, 6.07) is 25.5. The fourth-order valence-corrected chi connectivity index (χ4v) is 6.74. The molecule has 0 bridgehead atoms. The van der Waals surface area contributed by atoms with Crippen LogP contribution in [0, 0.1) is 20.8 Å². The van der Waals surface area contributed by atoms with E-state index in [0.29, 0.717) is 39.5 Å². The molecule has 1 unspecified atom stereocenters. The molecule has 1 saturated heterocycles. The lowest BCUT2D eigenvalue weighted by Gasteiger charge is -2.20. The van der Waals surface area contributed by atoms with Gasteiger partial charge in [-0.3, -0.25) is 14.5 Å². The van der Waals surface area contributed by atoms with Gasteiger partial charge in [0.1, 0.15) is 35.7 Å². The van der Waals surface area contributed by atoms with Gasteiger partial charge in [-0.25, -0.2) is 0 Å². The average molecular weight is 624 g/mol. The first-order valence-electron chi connectivity index (χ1n) is 13.9. The first-order chi connectivity index (χ1) is 21.3. The Morgan fingerprint density at radius 1 is 0.932 bits per heavy atom. The van der Waals surface area contributed by atoms with Crippen LogP contribution in [0.4, 0.5) is 5.13 Å². The molecule has 5 aromatic rings. The second-order valence-corrected chi connectivity index (χ2v) is 12.7. The third-order valence-electron chi connectivity index (χ3n) is 7.18. The number of anilines is 1. The van der Waals surface area contributed by atoms with E-state index >= 15 is 0 Å². The lowest BCUT2D eigenvalue weighted by Crippen LogP contribution is -2.29. The van der Waals surface area contributed by atoms with Gasteiger partial charge in [-0.15, -0.1) is 10.2 Å². The smallest absolute Gasteiger partial charge is 0.302 e. The largest absolute Gasteiger partial charge is 0.507 e. The zero-order valence-corrected chi connectivity index (χ0v) is 25.9. The van der Waals surface area contributed by atoms with E-state index < -0.39 is 17.7 Å². The summed E-state index contributed by atoms with van der Waals surface area (Å²) in [7, 11) is 0. The van der Waals surface area contributed by atoms with Crippen molar-refractivity contribution in [3.8, 4) is 5.75 Å². The first-order valence-corrected chi connectivity index (χ1v) is 15.7. The van der Waals surface area contributed by atoms with Gasteiger partial charge in [0.15, 0.2) is 4.34 Å². The molecule has 3 aromatic carbocycles. The highest BCUT2D eigenvalue weighted by atomic mass is 32.2. The van der Waals surface area contributed by atoms with Crippen molar-refractivity contribution < 1.29 is 23.8 Å². The standard InChI is InChI=1S/C34H29N3O5S2/c1-20-7-10-23(11-8-20)19-43-34-36-35-33(44-34)37-29(27-16-9-22(3)42-27)28(31(39)32(37)40)30(38)25-12-14-26(15-13-25)41-18-24-6-4-5-21(2)17-24/h4-17,29,38H,18-19H2,1-3H3/b30-28+. The number of rotatable bonds is 9. The first kappa shape index (κ1) is 29.4. The Hall–Kier alpha value is -4.67. The fraction of sp³-hybridized carbons (Fsp3) is 0.176. The monoisotopic (exact) mass is 623 g/mol. The quantitative estimate of drug-likeness (QED) is 0.0590. The molecule has 1 aliphatic heterocycles. The number of hydrogen-bond acceptors (Lipinski definition) is 9. The van der Waals surface area contributed by atoms with Crippen LogP contribution in [-0.4, -0.2) is 27.0 Å². The lowest BCUT2D eigenvalue weighted by molar-refractivity contribution is -0.132. The molecule has 44 heavy (non-hydrogen) atoms. The Labute approximate surface area is 263 Å². The lowest BCUT2D eigenvalue weighted by atomic mass is 9.99. The minimum atomic E-state index is -1.01. The van der Waals surface area contributed by atoms with Crippen LogP contribution in [0.5, 0.6) is 5.75 Å². The van der Waals surface area contributed by atoms with Gasteiger partial charge in [-0.2, -0.15) is 0 Å². The van der Waals surface area contributed by atoms with E-state index in [-0.39, 0.29) is 16.5 Å². The van der Waals surface area contributed by atoms with E-state index in [2.05, 4.69) is 40.5 Å². The molecule has 10 heteroatoms. The molecule has 3 heterocycles. The second kappa shape index (κ2) is 12.5. The number of aliphatic hydroxyl groups excluding tert-OH is 1. The molecule has 1 atom stereocenters. The van der Waals surface area contributed by atoms with Crippen molar-refractivity contribution in [3.63, 3.8) is 0 Å². The van der Waals surface area contributed by atoms with Crippen LogP contribution >= 0.6 is 23.1 Å². The molecule has 0 radical (unpaired) electrons. The number of ether oxygens (including phenoxy) is 1. The van der Waals surface area contributed by atoms with Gasteiger partial charge in [0.2, 0.25) is 5.13 Å². The van der Waals surface area contributed by atoms with Gasteiger partial charge in [0, 0.05) is 11.3 Å². The SMILES string of the molecule is Cc1ccc(CSc2nnc(N3C(=O)C(=O)/C(=C(/O)c4ccc(OCc5cccc(C)c5)cc4)C3c3ccc(C)o3)s2)cc1. The van der Waals surface area contributed by atoms with Crippen molar-refractivity contribution in [1.82, 2.24) is 10.2 Å². The van der Waals surface area contributed by atoms with Crippen LogP contribution in [-0.2, 0) is 21.9 Å². The topological polar surface area (TPSA) is 106 Å². The average Bonchev–Trinajstić information content (AvgIpc) is 3.73. The fourth-order valence-electron chi connectivity index (χ4n) is 4.92. The Morgan fingerprint density at radius 3 is 2.41 bits per heavy atom. The molecule has 0 aliphatic carbocycles. The number of furan rings is 1. The molecule has 1 aliphatic rings. The van der Waals surface area contributed by atoms with Crippen molar-refractivity contribution >= 4 is 45.7 Å². The predicted molar refractivity (Wildman–Crippen MR) is 171 cm³/mol. The highest BCUT2D eigenvalue weighted by Gasteiger charge is 2.49. The molecule has 1 amide bonds.